The molecule has 23 heavy (non-hydrogen) atoms. The maximum Gasteiger partial charge on any atom is 0.279 e. The first-order valence-corrected chi connectivity index (χ1v) is 8.49. The Hall–Kier alpha value is -2.24. The van der Waals surface area contributed by atoms with Gasteiger partial charge in [0.2, 0.25) is 0 Å². The number of fused-ring (bicyclic) bond motifs is 1. The molecule has 3 aromatic rings. The molecule has 0 atom stereocenters. The zero-order valence-corrected chi connectivity index (χ0v) is 14.6. The Labute approximate surface area is 149 Å². The normalized spacial score (nSPS) is 11.8. The summed E-state index contributed by atoms with van der Waals surface area (Å²) >= 11 is 3.36. The van der Waals surface area contributed by atoms with Gasteiger partial charge in [0.15, 0.2) is 0 Å². The van der Waals surface area contributed by atoms with E-state index in [0.29, 0.717) is 10.9 Å². The average molecular weight is 432 g/mol. The van der Waals surface area contributed by atoms with Crippen molar-refractivity contribution in [1.29, 1.82) is 5.26 Å². The highest BCUT2D eigenvalue weighted by Crippen LogP contribution is 2.28. The number of hydrogen-bond acceptors (Lipinski definition) is 5. The van der Waals surface area contributed by atoms with Crippen molar-refractivity contribution in [3.8, 4) is 6.07 Å². The Bertz CT molecular complexity index is 1020. The third kappa shape index (κ3) is 3.11. The van der Waals surface area contributed by atoms with Crippen LogP contribution in [0.5, 0.6) is 0 Å². The van der Waals surface area contributed by atoms with Crippen LogP contribution < -0.4 is 5.56 Å². The van der Waals surface area contributed by atoms with Crippen LogP contribution in [-0.4, -0.2) is 10.1 Å². The molecule has 1 heterocycles. The lowest BCUT2D eigenvalue weighted by atomic mass is 10.1. The molecular weight excluding hydrogens is 423 g/mol. The van der Waals surface area contributed by atoms with E-state index in [-0.39, 0.29) is 16.3 Å². The van der Waals surface area contributed by atoms with Gasteiger partial charge in [-0.1, -0.05) is 24.3 Å². The second-order valence-corrected chi connectivity index (χ2v) is 6.94. The van der Waals surface area contributed by atoms with Crippen LogP contribution in [0.25, 0.3) is 21.4 Å². The van der Waals surface area contributed by atoms with Gasteiger partial charge < -0.3 is 5.11 Å². The molecule has 0 unspecified atom stereocenters. The lowest BCUT2D eigenvalue weighted by molar-refractivity contribution is 0.514. The monoisotopic (exact) mass is 432 g/mol. The van der Waals surface area contributed by atoms with Gasteiger partial charge in [-0.25, -0.2) is 0 Å². The number of halogens is 1. The summed E-state index contributed by atoms with van der Waals surface area (Å²) in [5.41, 5.74) is 0.105. The maximum absolute atomic E-state index is 12.1. The highest BCUT2D eigenvalue weighted by atomic mass is 127. The molecule has 0 spiro atoms. The van der Waals surface area contributed by atoms with Crippen molar-refractivity contribution in [2.45, 2.75) is 0 Å². The number of aliphatic hydroxyl groups excluding tert-OH is 1. The lowest BCUT2D eigenvalue weighted by Gasteiger charge is -2.05. The number of nitrogens with zero attached hydrogens (tertiary/aromatic N) is 2. The van der Waals surface area contributed by atoms with Crippen molar-refractivity contribution in [3.63, 3.8) is 0 Å². The molecule has 0 saturated carbocycles. The van der Waals surface area contributed by atoms with Crippen LogP contribution in [-0.2, 0) is 0 Å². The van der Waals surface area contributed by atoms with Gasteiger partial charge in [-0.05, 0) is 46.9 Å². The van der Waals surface area contributed by atoms with Gasteiger partial charge >= 0.3 is 0 Å². The van der Waals surface area contributed by atoms with Crippen LogP contribution in [0.4, 0.5) is 0 Å². The summed E-state index contributed by atoms with van der Waals surface area (Å²) in [6.07, 6.45) is 0. The molecule has 0 aliphatic rings. The summed E-state index contributed by atoms with van der Waals surface area (Å²) in [6.45, 7) is 0. The maximum atomic E-state index is 12.1. The molecule has 1 aromatic heterocycles. The lowest BCUT2D eigenvalue weighted by Crippen LogP contribution is -2.07. The minimum absolute atomic E-state index is 0.000869. The Balaban J connectivity index is 2.22. The number of allylic oxidation sites excluding steroid dienone is 1. The SMILES string of the molecule is N#CC(=C(O)c1ccc(I)cc1)c1nc(=O)c2ccccc2s1. The van der Waals surface area contributed by atoms with E-state index in [2.05, 4.69) is 27.6 Å². The van der Waals surface area contributed by atoms with Crippen LogP contribution >= 0.6 is 33.9 Å². The molecule has 3 rings (SSSR count). The molecule has 0 amide bonds. The zero-order valence-electron chi connectivity index (χ0n) is 11.7. The van der Waals surface area contributed by atoms with Crippen molar-refractivity contribution in [3.05, 3.63) is 73.0 Å². The summed E-state index contributed by atoms with van der Waals surface area (Å²) in [5.74, 6) is -0.178. The summed E-state index contributed by atoms with van der Waals surface area (Å²) < 4.78 is 1.75. The highest BCUT2D eigenvalue weighted by Gasteiger charge is 2.15. The van der Waals surface area contributed by atoms with Crippen LogP contribution in [0.3, 0.4) is 0 Å². The number of aliphatic hydroxyl groups is 1. The van der Waals surface area contributed by atoms with E-state index in [1.54, 1.807) is 30.3 Å². The van der Waals surface area contributed by atoms with Gasteiger partial charge in [0.05, 0.1) is 5.39 Å². The minimum atomic E-state index is -0.405. The molecular formula is C17H9IN2O2S. The van der Waals surface area contributed by atoms with Crippen molar-refractivity contribution in [1.82, 2.24) is 4.98 Å². The number of benzene rings is 2. The fourth-order valence-electron chi connectivity index (χ4n) is 2.07. The summed E-state index contributed by atoms with van der Waals surface area (Å²) in [7, 11) is 0. The zero-order chi connectivity index (χ0) is 16.4. The second-order valence-electron chi connectivity index (χ2n) is 4.66. The second kappa shape index (κ2) is 6.48. The van der Waals surface area contributed by atoms with Gasteiger partial charge in [0.1, 0.15) is 22.4 Å². The highest BCUT2D eigenvalue weighted by molar-refractivity contribution is 14.1. The average Bonchev–Trinajstić information content (AvgIpc) is 2.56. The van der Waals surface area contributed by atoms with Gasteiger partial charge in [-0.3, -0.25) is 4.79 Å². The first-order chi connectivity index (χ1) is 11.1. The van der Waals surface area contributed by atoms with Gasteiger partial charge in [-0.15, -0.1) is 11.3 Å². The Morgan fingerprint density at radius 2 is 1.87 bits per heavy atom. The molecule has 112 valence electrons. The first-order valence-electron chi connectivity index (χ1n) is 6.59. The van der Waals surface area contributed by atoms with E-state index in [1.807, 2.05) is 24.3 Å². The molecule has 0 bridgehead atoms. The Morgan fingerprint density at radius 3 is 2.57 bits per heavy atom. The van der Waals surface area contributed by atoms with E-state index < -0.39 is 5.56 Å². The predicted molar refractivity (Wildman–Crippen MR) is 100 cm³/mol. The van der Waals surface area contributed by atoms with Gasteiger partial charge in [0, 0.05) is 13.8 Å². The summed E-state index contributed by atoms with van der Waals surface area (Å²) in [4.78, 5) is 16.1. The molecule has 0 radical (unpaired) electrons. The fraction of sp³-hybridized carbons (Fsp3) is 0. The Kier molecular flexibility index (Phi) is 4.41. The van der Waals surface area contributed by atoms with Crippen LogP contribution in [0.1, 0.15) is 10.6 Å². The van der Waals surface area contributed by atoms with Crippen molar-refractivity contribution < 1.29 is 5.11 Å². The topological polar surface area (TPSA) is 74.0 Å². The molecule has 6 heteroatoms. The molecule has 4 nitrogen and oxygen atoms in total. The molecule has 1 N–H and O–H groups in total. The molecule has 0 aliphatic heterocycles. The number of aromatic nitrogens is 1. The fourth-order valence-corrected chi connectivity index (χ4v) is 3.43. The predicted octanol–water partition coefficient (Wildman–Crippen LogP) is 4.21. The Morgan fingerprint density at radius 1 is 1.17 bits per heavy atom. The van der Waals surface area contributed by atoms with Crippen LogP contribution in [0, 0.1) is 14.9 Å². The number of hydrogen-bond donors (Lipinski definition) is 1. The van der Waals surface area contributed by atoms with E-state index in [1.165, 1.54) is 11.3 Å². The smallest absolute Gasteiger partial charge is 0.279 e. The van der Waals surface area contributed by atoms with Crippen LogP contribution in [0.2, 0.25) is 0 Å². The van der Waals surface area contributed by atoms with Gasteiger partial charge in [-0.2, -0.15) is 10.2 Å². The van der Waals surface area contributed by atoms with E-state index in [9.17, 15) is 15.2 Å². The number of rotatable bonds is 2. The van der Waals surface area contributed by atoms with Crippen molar-refractivity contribution in [2.75, 3.05) is 0 Å². The molecule has 0 fully saturated rings. The largest absolute Gasteiger partial charge is 0.506 e. The van der Waals surface area contributed by atoms with Crippen LogP contribution in [0.15, 0.2) is 53.3 Å². The van der Waals surface area contributed by atoms with E-state index in [0.717, 1.165) is 8.27 Å². The number of nitriles is 1. The van der Waals surface area contributed by atoms with Gasteiger partial charge in [0.25, 0.3) is 5.56 Å². The first kappa shape index (κ1) is 15.6. The van der Waals surface area contributed by atoms with Crippen molar-refractivity contribution in [2.24, 2.45) is 0 Å². The molecule has 0 saturated heterocycles. The van der Waals surface area contributed by atoms with Crippen molar-refractivity contribution >= 4 is 55.3 Å². The third-order valence-electron chi connectivity index (χ3n) is 3.21. The standard InChI is InChI=1S/C17H9IN2O2S/c18-11-7-5-10(6-8-11)15(21)13(9-19)17-20-16(22)12-3-1-2-4-14(12)23-17/h1-8,21H. The third-order valence-corrected chi connectivity index (χ3v) is 4.99. The molecule has 0 aliphatic carbocycles. The van der Waals surface area contributed by atoms with E-state index >= 15 is 0 Å². The van der Waals surface area contributed by atoms with E-state index in [4.69, 9.17) is 0 Å². The summed E-state index contributed by atoms with van der Waals surface area (Å²) in [5, 5.41) is 20.6. The summed E-state index contributed by atoms with van der Waals surface area (Å²) in [6, 6.07) is 16.1. The minimum Gasteiger partial charge on any atom is -0.506 e. The quantitative estimate of drug-likeness (QED) is 0.374. The molecule has 2 aromatic carbocycles.